The van der Waals surface area contributed by atoms with E-state index in [1.807, 2.05) is 23.9 Å². The fraction of sp³-hybridized carbons (Fsp3) is 0.0513. The standard InChI is InChI=1S/C78H52N2OS/c1-3-15-49(16-4-1)55-29-35-71-65(43-55)66-44-56(30-36-72(66)79(71)59-33-39-76-69(47-59)63-25-9-11-27-75(63)81-76)53-21-13-19-51(41-53)52-20-14-22-54(42-52)57-31-37-73-67(45-57)68-46-58(62-24-8-7-23-61(62)50-17-5-2-6-18-50)32-38-74(68)80(73)60-34-40-78-70(48-60)64-26-10-12-28-77(64)82-78/h1-33,35-47,60,70H,34,48H2. The fourth-order valence-corrected chi connectivity index (χ4v) is 15.0. The zero-order valence-corrected chi connectivity index (χ0v) is 45.7. The Morgan fingerprint density at radius 2 is 0.829 bits per heavy atom. The number of nitrogens with zero attached hydrogens (tertiary/aromatic N) is 2. The number of benzene rings is 12. The van der Waals surface area contributed by atoms with E-state index in [0.29, 0.717) is 12.0 Å². The molecule has 1 aliphatic carbocycles. The van der Waals surface area contributed by atoms with E-state index in [1.54, 1.807) is 0 Å². The number of hydrogen-bond acceptors (Lipinski definition) is 2. The highest BCUT2D eigenvalue weighted by Gasteiger charge is 2.35. The second-order valence-electron chi connectivity index (χ2n) is 22.3. The summed E-state index contributed by atoms with van der Waals surface area (Å²) in [5, 5.41) is 7.26. The number of para-hydroxylation sites is 1. The van der Waals surface area contributed by atoms with Crippen LogP contribution in [0.3, 0.4) is 0 Å². The highest BCUT2D eigenvalue weighted by Crippen LogP contribution is 2.55. The van der Waals surface area contributed by atoms with Gasteiger partial charge in [-0.3, -0.25) is 0 Å². The smallest absolute Gasteiger partial charge is 0.135 e. The van der Waals surface area contributed by atoms with Gasteiger partial charge in [-0.2, -0.15) is 0 Å². The van der Waals surface area contributed by atoms with E-state index >= 15 is 0 Å². The Balaban J connectivity index is 0.763. The van der Waals surface area contributed by atoms with Gasteiger partial charge < -0.3 is 13.6 Å². The van der Waals surface area contributed by atoms with Crippen LogP contribution < -0.4 is 0 Å². The van der Waals surface area contributed by atoms with Gasteiger partial charge in [0.2, 0.25) is 0 Å². The normalized spacial score (nSPS) is 15.0. The van der Waals surface area contributed by atoms with Gasteiger partial charge in [0.25, 0.3) is 0 Å². The third-order valence-electron chi connectivity index (χ3n) is 17.7. The van der Waals surface area contributed by atoms with E-state index in [2.05, 4.69) is 276 Å². The predicted molar refractivity (Wildman–Crippen MR) is 345 cm³/mol. The minimum Gasteiger partial charge on any atom is -0.456 e. The average Bonchev–Trinajstić information content (AvgIpc) is 2.63. The average molecular weight is 1070 g/mol. The third kappa shape index (κ3) is 7.66. The van der Waals surface area contributed by atoms with Gasteiger partial charge >= 0.3 is 0 Å². The van der Waals surface area contributed by atoms with Crippen molar-refractivity contribution >= 4 is 77.3 Å². The summed E-state index contributed by atoms with van der Waals surface area (Å²) in [6.07, 6.45) is 4.63. The van der Waals surface area contributed by atoms with Crippen molar-refractivity contribution in [3.8, 4) is 72.4 Å². The fourth-order valence-electron chi connectivity index (χ4n) is 13.8. The lowest BCUT2D eigenvalue weighted by Crippen LogP contribution is -2.16. The quantitative estimate of drug-likeness (QED) is 0.151. The maximum absolute atomic E-state index is 6.28. The number of aromatic nitrogens is 2. The van der Waals surface area contributed by atoms with Crippen molar-refractivity contribution in [3.05, 3.63) is 290 Å². The van der Waals surface area contributed by atoms with E-state index < -0.39 is 0 Å². The van der Waals surface area contributed by atoms with Crippen molar-refractivity contribution in [3.63, 3.8) is 0 Å². The van der Waals surface area contributed by atoms with Gasteiger partial charge in [0, 0.05) is 65.9 Å². The highest BCUT2D eigenvalue weighted by atomic mass is 32.2. The van der Waals surface area contributed by atoms with E-state index in [4.69, 9.17) is 4.42 Å². The van der Waals surface area contributed by atoms with Crippen LogP contribution in [0.5, 0.6) is 0 Å². The van der Waals surface area contributed by atoms with Crippen LogP contribution >= 0.6 is 11.8 Å². The first-order chi connectivity index (χ1) is 40.6. The Morgan fingerprint density at radius 1 is 0.341 bits per heavy atom. The zero-order chi connectivity index (χ0) is 53.8. The Kier molecular flexibility index (Phi) is 10.8. The molecule has 386 valence electrons. The first kappa shape index (κ1) is 47.0. The summed E-state index contributed by atoms with van der Waals surface area (Å²) in [5.74, 6) is 0.430. The molecule has 0 saturated heterocycles. The zero-order valence-electron chi connectivity index (χ0n) is 44.8. The second-order valence-corrected chi connectivity index (χ2v) is 23.4. The van der Waals surface area contributed by atoms with Crippen LogP contribution in [0.1, 0.15) is 30.4 Å². The predicted octanol–water partition coefficient (Wildman–Crippen LogP) is 21.9. The topological polar surface area (TPSA) is 23.0 Å². The van der Waals surface area contributed by atoms with Crippen molar-refractivity contribution in [2.45, 2.75) is 29.7 Å². The molecule has 0 amide bonds. The van der Waals surface area contributed by atoms with Gasteiger partial charge in [-0.1, -0.05) is 200 Å². The molecule has 4 heterocycles. The van der Waals surface area contributed by atoms with E-state index in [-0.39, 0.29) is 0 Å². The molecule has 2 unspecified atom stereocenters. The molecule has 82 heavy (non-hydrogen) atoms. The number of rotatable bonds is 8. The summed E-state index contributed by atoms with van der Waals surface area (Å²) in [6, 6.07) is 101. The summed E-state index contributed by atoms with van der Waals surface area (Å²) in [5.41, 5.74) is 23.8. The van der Waals surface area contributed by atoms with Crippen LogP contribution in [-0.4, -0.2) is 9.13 Å². The molecule has 1 aliphatic heterocycles. The van der Waals surface area contributed by atoms with Gasteiger partial charge in [0.15, 0.2) is 0 Å². The Bertz CT molecular complexity index is 5100. The molecule has 0 spiro atoms. The van der Waals surface area contributed by atoms with Gasteiger partial charge in [0.1, 0.15) is 11.2 Å². The molecule has 0 saturated carbocycles. The van der Waals surface area contributed by atoms with Crippen LogP contribution in [0.4, 0.5) is 0 Å². The number of thioether (sulfide) groups is 1. The number of furan rings is 1. The maximum Gasteiger partial charge on any atom is 0.135 e. The first-order valence-electron chi connectivity index (χ1n) is 28.6. The Morgan fingerprint density at radius 3 is 1.50 bits per heavy atom. The van der Waals surface area contributed by atoms with Crippen molar-refractivity contribution in [2.24, 2.45) is 0 Å². The Labute approximate surface area is 479 Å². The van der Waals surface area contributed by atoms with Crippen molar-refractivity contribution in [1.29, 1.82) is 0 Å². The lowest BCUT2D eigenvalue weighted by molar-refractivity contribution is 0.453. The van der Waals surface area contributed by atoms with Gasteiger partial charge in [-0.15, -0.1) is 0 Å². The first-order valence-corrected chi connectivity index (χ1v) is 29.4. The number of hydrogen-bond donors (Lipinski definition) is 0. The van der Waals surface area contributed by atoms with Crippen molar-refractivity contribution in [1.82, 2.24) is 9.13 Å². The second kappa shape index (κ2) is 18.9. The molecule has 0 radical (unpaired) electrons. The maximum atomic E-state index is 6.28. The largest absolute Gasteiger partial charge is 0.456 e. The minimum absolute atomic E-state index is 0.328. The van der Waals surface area contributed by atoms with Gasteiger partial charge in [-0.05, 0) is 181 Å². The molecule has 3 aromatic heterocycles. The lowest BCUT2D eigenvalue weighted by Gasteiger charge is -2.28. The molecule has 12 aromatic carbocycles. The molecule has 15 aromatic rings. The summed E-state index contributed by atoms with van der Waals surface area (Å²) < 4.78 is 11.4. The van der Waals surface area contributed by atoms with Crippen LogP contribution in [0, 0.1) is 0 Å². The molecule has 0 bridgehead atoms. The molecule has 2 aliphatic rings. The van der Waals surface area contributed by atoms with E-state index in [9.17, 15) is 0 Å². The SMILES string of the molecule is C1=C2Sc3ccccc3C2CC(n2c3ccc(-c4cccc(-c5cccc(-c6ccc7c(c6)c6cc(-c8ccccc8)ccc6n7-c6ccc7oc8ccccc8c7c6)c5)c4)cc3c3cc(-c4ccccc4-c4ccccc4)ccc32)C1. The van der Waals surface area contributed by atoms with Crippen molar-refractivity contribution < 1.29 is 4.42 Å². The molecular formula is C78H52N2OS. The van der Waals surface area contributed by atoms with Crippen LogP contribution in [-0.2, 0) is 0 Å². The number of fused-ring (bicyclic) bond motifs is 12. The molecule has 4 heteroatoms. The van der Waals surface area contributed by atoms with Crippen molar-refractivity contribution in [2.75, 3.05) is 0 Å². The minimum atomic E-state index is 0.328. The lowest BCUT2D eigenvalue weighted by atomic mass is 9.86. The van der Waals surface area contributed by atoms with E-state index in [1.165, 1.54) is 120 Å². The molecule has 2 atom stereocenters. The summed E-state index contributed by atoms with van der Waals surface area (Å²) in [6.45, 7) is 0. The van der Waals surface area contributed by atoms with E-state index in [0.717, 1.165) is 46.0 Å². The molecular weight excluding hydrogens is 1010 g/mol. The third-order valence-corrected chi connectivity index (χ3v) is 18.9. The van der Waals surface area contributed by atoms with Crippen LogP contribution in [0.2, 0.25) is 0 Å². The van der Waals surface area contributed by atoms with Crippen LogP contribution in [0.25, 0.3) is 138 Å². The highest BCUT2D eigenvalue weighted by molar-refractivity contribution is 8.03. The molecule has 0 N–H and O–H groups in total. The monoisotopic (exact) mass is 1060 g/mol. The summed E-state index contributed by atoms with van der Waals surface area (Å²) in [7, 11) is 0. The number of allylic oxidation sites excluding steroid dienone is 2. The molecule has 0 fully saturated rings. The Hall–Kier alpha value is -9.87. The van der Waals surface area contributed by atoms with Crippen LogP contribution in [0.15, 0.2) is 293 Å². The molecule has 17 rings (SSSR count). The summed E-state index contributed by atoms with van der Waals surface area (Å²) >= 11 is 1.97. The summed E-state index contributed by atoms with van der Waals surface area (Å²) in [4.78, 5) is 2.93. The van der Waals surface area contributed by atoms with Gasteiger partial charge in [0.05, 0.1) is 11.0 Å². The molecule has 3 nitrogen and oxygen atoms in total. The van der Waals surface area contributed by atoms with Gasteiger partial charge in [-0.25, -0.2) is 0 Å².